The van der Waals surface area contributed by atoms with Gasteiger partial charge in [0.15, 0.2) is 5.82 Å². The molecular formula is C15H12ClFN4OS2. The van der Waals surface area contributed by atoms with E-state index in [1.54, 1.807) is 18.3 Å². The van der Waals surface area contributed by atoms with Gasteiger partial charge in [-0.25, -0.2) is 9.37 Å². The number of aromatic nitrogens is 3. The summed E-state index contributed by atoms with van der Waals surface area (Å²) in [7, 11) is 0. The molecule has 0 radical (unpaired) electrons. The number of carbonyl (C=O) groups excluding carboxylic acids is 1. The first kappa shape index (κ1) is 16.9. The Kier molecular flexibility index (Phi) is 5.17. The zero-order chi connectivity index (χ0) is 17.1. The third-order valence-corrected chi connectivity index (χ3v) is 5.13. The molecule has 0 saturated heterocycles. The van der Waals surface area contributed by atoms with Crippen molar-refractivity contribution >= 4 is 46.3 Å². The number of amides is 1. The zero-order valence-corrected chi connectivity index (χ0v) is 14.8. The lowest BCUT2D eigenvalue weighted by molar-refractivity contribution is -0.115. The zero-order valence-electron chi connectivity index (χ0n) is 12.4. The summed E-state index contributed by atoms with van der Waals surface area (Å²) in [5.74, 6) is -0.265. The van der Waals surface area contributed by atoms with Gasteiger partial charge >= 0.3 is 0 Å². The molecule has 1 amide bonds. The third-order valence-electron chi connectivity index (χ3n) is 3.06. The van der Waals surface area contributed by atoms with Crippen LogP contribution in [0.2, 0.25) is 5.02 Å². The number of anilines is 1. The van der Waals surface area contributed by atoms with Gasteiger partial charge in [-0.1, -0.05) is 29.4 Å². The second-order valence-electron chi connectivity index (χ2n) is 4.82. The van der Waals surface area contributed by atoms with E-state index < -0.39 is 11.1 Å². The van der Waals surface area contributed by atoms with E-state index in [4.69, 9.17) is 11.6 Å². The Bertz CT molecular complexity index is 853. The molecule has 124 valence electrons. The minimum Gasteiger partial charge on any atom is -0.323 e. The quantitative estimate of drug-likeness (QED) is 0.640. The molecule has 5 nitrogen and oxygen atoms in total. The average Bonchev–Trinajstić information content (AvgIpc) is 3.20. The Morgan fingerprint density at radius 3 is 3.00 bits per heavy atom. The Hall–Kier alpha value is -1.90. The SMILES string of the molecule is CC(Sc1n[nH]c(-c2cccs2)n1)C(=O)Nc1ccc(Cl)cc1F. The molecule has 1 aromatic carbocycles. The smallest absolute Gasteiger partial charge is 0.237 e. The number of H-pyrrole nitrogens is 1. The standard InChI is InChI=1S/C15H12ClFN4OS2/c1-8(14(22)18-11-5-4-9(16)7-10(11)17)24-15-19-13(20-21-15)12-3-2-6-23-12/h2-8H,1H3,(H,18,22)(H,19,20,21). The molecule has 2 heterocycles. The monoisotopic (exact) mass is 382 g/mol. The lowest BCUT2D eigenvalue weighted by Gasteiger charge is -2.10. The van der Waals surface area contributed by atoms with Crippen molar-refractivity contribution in [2.75, 3.05) is 5.32 Å². The van der Waals surface area contributed by atoms with Crippen molar-refractivity contribution in [2.24, 2.45) is 0 Å². The highest BCUT2D eigenvalue weighted by Crippen LogP contribution is 2.26. The molecule has 1 unspecified atom stereocenters. The first-order chi connectivity index (χ1) is 11.5. The third kappa shape index (κ3) is 3.95. The number of halogens is 2. The molecule has 9 heteroatoms. The molecule has 0 saturated carbocycles. The second kappa shape index (κ2) is 7.33. The highest BCUT2D eigenvalue weighted by Gasteiger charge is 2.19. The summed E-state index contributed by atoms with van der Waals surface area (Å²) < 4.78 is 13.7. The predicted octanol–water partition coefficient (Wildman–Crippen LogP) is 4.45. The Morgan fingerprint density at radius 1 is 1.46 bits per heavy atom. The molecular weight excluding hydrogens is 371 g/mol. The van der Waals surface area contributed by atoms with E-state index in [0.717, 1.165) is 10.9 Å². The van der Waals surface area contributed by atoms with Crippen LogP contribution in [0.3, 0.4) is 0 Å². The summed E-state index contributed by atoms with van der Waals surface area (Å²) in [5, 5.41) is 11.6. The van der Waals surface area contributed by atoms with Crippen molar-refractivity contribution in [2.45, 2.75) is 17.3 Å². The highest BCUT2D eigenvalue weighted by molar-refractivity contribution is 8.00. The van der Waals surface area contributed by atoms with Crippen LogP contribution in [0.5, 0.6) is 0 Å². The van der Waals surface area contributed by atoms with Crippen LogP contribution in [-0.2, 0) is 4.79 Å². The molecule has 0 aliphatic carbocycles. The van der Waals surface area contributed by atoms with Crippen molar-refractivity contribution in [3.05, 3.63) is 46.6 Å². The number of benzene rings is 1. The van der Waals surface area contributed by atoms with Crippen molar-refractivity contribution in [1.82, 2.24) is 15.2 Å². The number of thiophene rings is 1. The van der Waals surface area contributed by atoms with Gasteiger partial charge in [-0.05, 0) is 36.6 Å². The lowest BCUT2D eigenvalue weighted by Crippen LogP contribution is -2.23. The van der Waals surface area contributed by atoms with E-state index in [2.05, 4.69) is 20.5 Å². The summed E-state index contributed by atoms with van der Waals surface area (Å²) in [5.41, 5.74) is 0.0890. The normalized spacial score (nSPS) is 12.1. The van der Waals surface area contributed by atoms with Gasteiger partial charge < -0.3 is 5.32 Å². The summed E-state index contributed by atoms with van der Waals surface area (Å²) in [4.78, 5) is 17.5. The maximum Gasteiger partial charge on any atom is 0.237 e. The number of hydrogen-bond donors (Lipinski definition) is 2. The van der Waals surface area contributed by atoms with Crippen LogP contribution in [0.1, 0.15) is 6.92 Å². The minimum absolute atomic E-state index is 0.0890. The molecule has 24 heavy (non-hydrogen) atoms. The second-order valence-corrected chi connectivity index (χ2v) is 7.51. The van der Waals surface area contributed by atoms with Gasteiger partial charge in [0.1, 0.15) is 5.82 Å². The number of nitrogens with zero attached hydrogens (tertiary/aromatic N) is 2. The van der Waals surface area contributed by atoms with Gasteiger partial charge in [0.25, 0.3) is 0 Å². The first-order valence-corrected chi connectivity index (χ1v) is 9.05. The van der Waals surface area contributed by atoms with E-state index in [-0.39, 0.29) is 16.6 Å². The summed E-state index contributed by atoms with van der Waals surface area (Å²) in [6, 6.07) is 7.94. The van der Waals surface area contributed by atoms with E-state index in [1.165, 1.54) is 23.9 Å². The summed E-state index contributed by atoms with van der Waals surface area (Å²) in [6.07, 6.45) is 0. The van der Waals surface area contributed by atoms with E-state index in [0.29, 0.717) is 11.0 Å². The van der Waals surface area contributed by atoms with Crippen LogP contribution in [0, 0.1) is 5.82 Å². The molecule has 0 fully saturated rings. The fourth-order valence-electron chi connectivity index (χ4n) is 1.86. The molecule has 1 atom stereocenters. The van der Waals surface area contributed by atoms with Crippen molar-refractivity contribution in [3.63, 3.8) is 0 Å². The maximum atomic E-state index is 13.7. The Morgan fingerprint density at radius 2 is 2.29 bits per heavy atom. The van der Waals surface area contributed by atoms with Crippen LogP contribution in [0.4, 0.5) is 10.1 Å². The molecule has 0 spiro atoms. The van der Waals surface area contributed by atoms with Crippen LogP contribution in [-0.4, -0.2) is 26.3 Å². The lowest BCUT2D eigenvalue weighted by atomic mass is 10.3. The van der Waals surface area contributed by atoms with Crippen molar-refractivity contribution in [3.8, 4) is 10.7 Å². The summed E-state index contributed by atoms with van der Waals surface area (Å²) in [6.45, 7) is 1.70. The largest absolute Gasteiger partial charge is 0.323 e. The fourth-order valence-corrected chi connectivity index (χ4v) is 3.41. The number of thioether (sulfide) groups is 1. The van der Waals surface area contributed by atoms with E-state index >= 15 is 0 Å². The van der Waals surface area contributed by atoms with Gasteiger partial charge in [-0.3, -0.25) is 9.89 Å². The molecule has 3 rings (SSSR count). The molecule has 0 aliphatic heterocycles. The fraction of sp³-hybridized carbons (Fsp3) is 0.133. The van der Waals surface area contributed by atoms with Crippen LogP contribution >= 0.6 is 34.7 Å². The highest BCUT2D eigenvalue weighted by atomic mass is 35.5. The first-order valence-electron chi connectivity index (χ1n) is 6.92. The van der Waals surface area contributed by atoms with Crippen molar-refractivity contribution in [1.29, 1.82) is 0 Å². The molecule has 0 bridgehead atoms. The summed E-state index contributed by atoms with van der Waals surface area (Å²) >= 11 is 8.42. The van der Waals surface area contributed by atoms with Gasteiger partial charge in [-0.2, -0.15) is 0 Å². The number of aromatic amines is 1. The molecule has 2 aromatic heterocycles. The van der Waals surface area contributed by atoms with Crippen LogP contribution < -0.4 is 5.32 Å². The van der Waals surface area contributed by atoms with Crippen LogP contribution in [0.25, 0.3) is 10.7 Å². The van der Waals surface area contributed by atoms with Gasteiger partial charge in [0.05, 0.1) is 15.8 Å². The number of carbonyl (C=O) groups is 1. The average molecular weight is 383 g/mol. The Balaban J connectivity index is 1.64. The van der Waals surface area contributed by atoms with Gasteiger partial charge in [0.2, 0.25) is 11.1 Å². The van der Waals surface area contributed by atoms with Gasteiger partial charge in [-0.15, -0.1) is 16.4 Å². The van der Waals surface area contributed by atoms with Gasteiger partial charge in [0, 0.05) is 5.02 Å². The molecule has 0 aliphatic rings. The topological polar surface area (TPSA) is 70.7 Å². The number of rotatable bonds is 5. The Labute approximate surface area is 150 Å². The maximum absolute atomic E-state index is 13.7. The van der Waals surface area contributed by atoms with Crippen LogP contribution in [0.15, 0.2) is 40.9 Å². The number of hydrogen-bond acceptors (Lipinski definition) is 5. The number of nitrogens with one attached hydrogen (secondary N) is 2. The minimum atomic E-state index is -0.578. The van der Waals surface area contributed by atoms with E-state index in [1.807, 2.05) is 17.5 Å². The predicted molar refractivity (Wildman–Crippen MR) is 95.1 cm³/mol. The van der Waals surface area contributed by atoms with Crippen molar-refractivity contribution < 1.29 is 9.18 Å². The molecule has 3 aromatic rings. The van der Waals surface area contributed by atoms with E-state index in [9.17, 15) is 9.18 Å². The molecule has 2 N–H and O–H groups in total.